The second-order valence-electron chi connectivity index (χ2n) is 6.45. The molecular formula is C14H19BN2O4. The Labute approximate surface area is 124 Å². The number of amides is 1. The molecule has 0 aliphatic carbocycles. The smallest absolute Gasteiger partial charge is 0.444 e. The summed E-state index contributed by atoms with van der Waals surface area (Å²) in [6.45, 7) is 8.25. The van der Waals surface area contributed by atoms with E-state index in [9.17, 15) is 4.79 Å². The first-order chi connectivity index (χ1) is 9.71. The van der Waals surface area contributed by atoms with Gasteiger partial charge in [0, 0.05) is 24.3 Å². The predicted octanol–water partition coefficient (Wildman–Crippen LogP) is 1.47. The minimum atomic E-state index is -0.462. The summed E-state index contributed by atoms with van der Waals surface area (Å²) >= 11 is 0. The predicted molar refractivity (Wildman–Crippen MR) is 78.5 cm³/mol. The van der Waals surface area contributed by atoms with Crippen LogP contribution in [0.2, 0.25) is 0 Å². The van der Waals surface area contributed by atoms with E-state index in [1.807, 2.05) is 33.8 Å². The molecule has 0 atom stereocenters. The molecule has 21 heavy (non-hydrogen) atoms. The molecule has 0 spiro atoms. The normalized spacial score (nSPS) is 23.0. The van der Waals surface area contributed by atoms with Crippen LogP contribution in [0.1, 0.15) is 33.3 Å². The molecule has 1 fully saturated rings. The highest BCUT2D eigenvalue weighted by atomic mass is 16.7. The molecule has 0 N–H and O–H groups in total. The van der Waals surface area contributed by atoms with Crippen molar-refractivity contribution in [3.05, 3.63) is 17.8 Å². The molecule has 1 amide bonds. The van der Waals surface area contributed by atoms with E-state index in [4.69, 9.17) is 14.0 Å². The molecule has 6 nitrogen and oxygen atoms in total. The summed E-state index contributed by atoms with van der Waals surface area (Å²) in [5, 5.41) is 0. The van der Waals surface area contributed by atoms with Gasteiger partial charge in [0.1, 0.15) is 12.4 Å². The fourth-order valence-electron chi connectivity index (χ4n) is 2.36. The van der Waals surface area contributed by atoms with Crippen molar-refractivity contribution in [1.82, 2.24) is 4.98 Å². The lowest BCUT2D eigenvalue weighted by Crippen LogP contribution is -2.41. The minimum absolute atomic E-state index is 0.221. The number of pyridine rings is 1. The Kier molecular flexibility index (Phi) is 3.04. The van der Waals surface area contributed by atoms with Gasteiger partial charge in [0.2, 0.25) is 0 Å². The summed E-state index contributed by atoms with van der Waals surface area (Å²) < 4.78 is 17.1. The fourth-order valence-corrected chi connectivity index (χ4v) is 2.36. The van der Waals surface area contributed by atoms with Crippen molar-refractivity contribution in [1.29, 1.82) is 0 Å². The molecule has 1 aromatic heterocycles. The molecule has 2 aliphatic rings. The lowest BCUT2D eigenvalue weighted by molar-refractivity contribution is 0.00578. The zero-order valence-electron chi connectivity index (χ0n) is 13.0. The highest BCUT2D eigenvalue weighted by Crippen LogP contribution is 2.36. The second-order valence-corrected chi connectivity index (χ2v) is 6.45. The van der Waals surface area contributed by atoms with Crippen LogP contribution < -0.4 is 10.4 Å². The van der Waals surface area contributed by atoms with Gasteiger partial charge in [0.15, 0.2) is 0 Å². The van der Waals surface area contributed by atoms with Gasteiger partial charge in [0.05, 0.1) is 11.2 Å². The number of ether oxygens (including phenoxy) is 1. The van der Waals surface area contributed by atoms with Crippen molar-refractivity contribution in [2.75, 3.05) is 11.9 Å². The van der Waals surface area contributed by atoms with Crippen molar-refractivity contribution >= 4 is 24.5 Å². The van der Waals surface area contributed by atoms with Crippen molar-refractivity contribution in [2.45, 2.75) is 45.5 Å². The average Bonchev–Trinajstić information content (AvgIpc) is 2.63. The number of fused-ring (bicyclic) bond motifs is 1. The molecule has 0 saturated carbocycles. The zero-order chi connectivity index (χ0) is 15.4. The van der Waals surface area contributed by atoms with Gasteiger partial charge in [-0.05, 0) is 27.7 Å². The summed E-state index contributed by atoms with van der Waals surface area (Å²) in [5.74, 6) is 0.617. The molecule has 3 rings (SSSR count). The number of hydrogen-bond donors (Lipinski definition) is 0. The monoisotopic (exact) mass is 290 g/mol. The number of nitrogens with zero attached hydrogens (tertiary/aromatic N) is 2. The molecule has 1 saturated heterocycles. The zero-order valence-corrected chi connectivity index (χ0v) is 13.0. The number of carbonyl (C=O) groups excluding carboxylic acids is 1. The van der Waals surface area contributed by atoms with Gasteiger partial charge < -0.3 is 14.0 Å². The standard InChI is InChI=1S/C14H19BN2O4/c1-13(2)14(3,4)21-15(20-13)10-6-9-8-19-12(18)17(5)11(9)16-7-10/h6-7H,8H2,1-5H3. The third-order valence-electron chi connectivity index (χ3n) is 4.43. The van der Waals surface area contributed by atoms with Crippen molar-refractivity contribution in [2.24, 2.45) is 0 Å². The van der Waals surface area contributed by atoms with Crippen LogP contribution in [0.3, 0.4) is 0 Å². The average molecular weight is 290 g/mol. The van der Waals surface area contributed by atoms with Crippen LogP contribution >= 0.6 is 0 Å². The first-order valence-corrected chi connectivity index (χ1v) is 6.96. The summed E-state index contributed by atoms with van der Waals surface area (Å²) in [4.78, 5) is 17.2. The Bertz CT molecular complexity index is 587. The Morgan fingerprint density at radius 2 is 1.86 bits per heavy atom. The third kappa shape index (κ3) is 2.20. The van der Waals surface area contributed by atoms with Gasteiger partial charge in [-0.15, -0.1) is 0 Å². The number of carbonyl (C=O) groups is 1. The van der Waals surface area contributed by atoms with E-state index in [0.29, 0.717) is 5.82 Å². The Morgan fingerprint density at radius 1 is 1.24 bits per heavy atom. The van der Waals surface area contributed by atoms with Crippen molar-refractivity contribution in [3.63, 3.8) is 0 Å². The van der Waals surface area contributed by atoms with E-state index in [2.05, 4.69) is 4.98 Å². The Morgan fingerprint density at radius 3 is 2.48 bits per heavy atom. The molecule has 0 unspecified atom stereocenters. The number of hydrogen-bond acceptors (Lipinski definition) is 5. The van der Waals surface area contributed by atoms with E-state index in [1.54, 1.807) is 13.2 Å². The molecule has 7 heteroatoms. The molecule has 1 aromatic rings. The maximum Gasteiger partial charge on any atom is 0.496 e. The van der Waals surface area contributed by atoms with Gasteiger partial charge >= 0.3 is 13.2 Å². The highest BCUT2D eigenvalue weighted by Gasteiger charge is 2.52. The fraction of sp³-hybridized carbons (Fsp3) is 0.571. The van der Waals surface area contributed by atoms with Gasteiger partial charge in [0.25, 0.3) is 0 Å². The van der Waals surface area contributed by atoms with Crippen LogP contribution in [0.4, 0.5) is 10.6 Å². The van der Waals surface area contributed by atoms with Crippen molar-refractivity contribution in [3.8, 4) is 0 Å². The minimum Gasteiger partial charge on any atom is -0.444 e. The molecule has 112 valence electrons. The number of cyclic esters (lactones) is 1. The van der Waals surface area contributed by atoms with Gasteiger partial charge in [-0.3, -0.25) is 4.90 Å². The number of rotatable bonds is 1. The maximum atomic E-state index is 11.5. The van der Waals surface area contributed by atoms with Crippen LogP contribution in [0.25, 0.3) is 0 Å². The lowest BCUT2D eigenvalue weighted by atomic mass is 9.79. The van der Waals surface area contributed by atoms with E-state index >= 15 is 0 Å². The van der Waals surface area contributed by atoms with Crippen LogP contribution in [0.5, 0.6) is 0 Å². The largest absolute Gasteiger partial charge is 0.496 e. The Hall–Kier alpha value is -1.60. The van der Waals surface area contributed by atoms with Crippen molar-refractivity contribution < 1.29 is 18.8 Å². The number of anilines is 1. The molecular weight excluding hydrogens is 271 g/mol. The molecule has 0 radical (unpaired) electrons. The van der Waals surface area contributed by atoms with Gasteiger partial charge in [-0.2, -0.15) is 0 Å². The van der Waals surface area contributed by atoms with Crippen LogP contribution in [-0.4, -0.2) is 36.4 Å². The molecule has 2 aliphatic heterocycles. The van der Waals surface area contributed by atoms with Crippen LogP contribution in [0.15, 0.2) is 12.3 Å². The summed E-state index contributed by atoms with van der Waals surface area (Å²) in [6.07, 6.45) is 1.30. The SMILES string of the molecule is CN1C(=O)OCc2cc(B3OC(C)(C)C(C)(C)O3)cnc21. The summed E-state index contributed by atoms with van der Waals surface area (Å²) in [6, 6.07) is 1.92. The third-order valence-corrected chi connectivity index (χ3v) is 4.43. The van der Waals surface area contributed by atoms with Crippen LogP contribution in [-0.2, 0) is 20.7 Å². The first kappa shape index (κ1) is 14.3. The van der Waals surface area contributed by atoms with E-state index < -0.39 is 24.4 Å². The quantitative estimate of drug-likeness (QED) is 0.733. The van der Waals surface area contributed by atoms with E-state index in [1.165, 1.54) is 4.90 Å². The van der Waals surface area contributed by atoms with Gasteiger partial charge in [-0.1, -0.05) is 6.07 Å². The maximum absolute atomic E-state index is 11.5. The second kappa shape index (κ2) is 4.45. The molecule has 0 aromatic carbocycles. The lowest BCUT2D eigenvalue weighted by Gasteiger charge is -2.32. The summed E-state index contributed by atoms with van der Waals surface area (Å²) in [7, 11) is 1.18. The van der Waals surface area contributed by atoms with E-state index in [0.717, 1.165) is 11.0 Å². The summed E-state index contributed by atoms with van der Waals surface area (Å²) in [5.41, 5.74) is 0.899. The molecule has 0 bridgehead atoms. The van der Waals surface area contributed by atoms with E-state index in [-0.39, 0.29) is 6.61 Å². The first-order valence-electron chi connectivity index (χ1n) is 6.96. The topological polar surface area (TPSA) is 60.9 Å². The molecule has 3 heterocycles. The Balaban J connectivity index is 1.91. The number of aromatic nitrogens is 1. The van der Waals surface area contributed by atoms with Crippen LogP contribution in [0, 0.1) is 0 Å². The highest BCUT2D eigenvalue weighted by molar-refractivity contribution is 6.62. The van der Waals surface area contributed by atoms with Gasteiger partial charge in [-0.25, -0.2) is 9.78 Å².